The van der Waals surface area contributed by atoms with Gasteiger partial charge in [-0.15, -0.1) is 0 Å². The summed E-state index contributed by atoms with van der Waals surface area (Å²) in [5, 5.41) is 13.1. The summed E-state index contributed by atoms with van der Waals surface area (Å²) in [6.07, 6.45) is 0.743. The van der Waals surface area contributed by atoms with Gasteiger partial charge in [-0.3, -0.25) is 14.7 Å². The summed E-state index contributed by atoms with van der Waals surface area (Å²) in [5.74, 6) is 0.0302. The minimum Gasteiger partial charge on any atom is -0.347 e. The highest BCUT2D eigenvalue weighted by Crippen LogP contribution is 2.12. The molecule has 1 aromatic heterocycles. The second-order valence-corrected chi connectivity index (χ2v) is 7.07. The smallest absolute Gasteiger partial charge is 0.251 e. The first kappa shape index (κ1) is 21.1. The molecule has 1 heterocycles. The fourth-order valence-electron chi connectivity index (χ4n) is 2.62. The molecule has 9 heteroatoms. The van der Waals surface area contributed by atoms with Crippen molar-refractivity contribution in [2.45, 2.75) is 46.3 Å². The Morgan fingerprint density at radius 3 is 2.56 bits per heavy atom. The summed E-state index contributed by atoms with van der Waals surface area (Å²) in [5.41, 5.74) is 0.451. The van der Waals surface area contributed by atoms with Crippen LogP contribution in [0.5, 0.6) is 0 Å². The molecule has 27 heavy (non-hydrogen) atoms. The molecule has 0 aliphatic carbocycles. The summed E-state index contributed by atoms with van der Waals surface area (Å²) in [7, 11) is 0. The predicted molar refractivity (Wildman–Crippen MR) is 107 cm³/mol. The Morgan fingerprint density at radius 2 is 1.96 bits per heavy atom. The van der Waals surface area contributed by atoms with E-state index in [2.05, 4.69) is 20.8 Å². The number of halogens is 1. The van der Waals surface area contributed by atoms with Crippen LogP contribution < -0.4 is 10.6 Å². The van der Waals surface area contributed by atoms with Gasteiger partial charge in [0.15, 0.2) is 10.6 Å². The molecule has 0 aliphatic heterocycles. The number of benzene rings is 1. The van der Waals surface area contributed by atoms with E-state index in [-0.39, 0.29) is 24.3 Å². The monoisotopic (exact) mass is 409 g/mol. The molecule has 7 nitrogen and oxygen atoms in total. The fourth-order valence-corrected chi connectivity index (χ4v) is 3.02. The van der Waals surface area contributed by atoms with Gasteiger partial charge >= 0.3 is 0 Å². The van der Waals surface area contributed by atoms with Crippen LogP contribution in [0.25, 0.3) is 0 Å². The normalized spacial score (nSPS) is 13.0. The summed E-state index contributed by atoms with van der Waals surface area (Å²) < 4.78 is 2.32. The van der Waals surface area contributed by atoms with Crippen molar-refractivity contribution in [1.29, 1.82) is 0 Å². The molecular formula is C18H24ClN5O2S. The van der Waals surface area contributed by atoms with Gasteiger partial charge in [-0.05, 0) is 49.3 Å². The first-order valence-electron chi connectivity index (χ1n) is 8.85. The van der Waals surface area contributed by atoms with Gasteiger partial charge in [0, 0.05) is 17.1 Å². The van der Waals surface area contributed by atoms with Gasteiger partial charge in [0.2, 0.25) is 5.91 Å². The molecule has 2 unspecified atom stereocenters. The number of nitrogens with zero attached hydrogens (tertiary/aromatic N) is 2. The number of nitrogens with one attached hydrogen (secondary N) is 3. The van der Waals surface area contributed by atoms with E-state index in [0.717, 1.165) is 6.42 Å². The number of carbonyl (C=O) groups is 2. The van der Waals surface area contributed by atoms with E-state index in [0.29, 0.717) is 27.7 Å². The Balaban J connectivity index is 2.08. The summed E-state index contributed by atoms with van der Waals surface area (Å²) in [6, 6.07) is 5.88. The standard InChI is InChI=1S/C18H24ClN5O2S/c1-4-11(3)15(21-16(25)12-6-8-13(19)9-7-12)17(26)20-10-14-22-23-18(27)24(14)5-2/h6-9,11,15H,4-5,10H2,1-3H3,(H,20,26)(H,21,25)(H,23,27). The topological polar surface area (TPSA) is 91.8 Å². The molecule has 2 amide bonds. The van der Waals surface area contributed by atoms with Gasteiger partial charge in [0.1, 0.15) is 6.04 Å². The molecule has 0 aliphatic rings. The molecule has 3 N–H and O–H groups in total. The molecule has 0 fully saturated rings. The third-order valence-electron chi connectivity index (χ3n) is 4.46. The highest BCUT2D eigenvalue weighted by Gasteiger charge is 2.26. The van der Waals surface area contributed by atoms with Crippen LogP contribution >= 0.6 is 23.8 Å². The molecule has 2 rings (SSSR count). The molecule has 0 radical (unpaired) electrons. The molecule has 0 saturated carbocycles. The Labute approximate surface area is 168 Å². The minimum atomic E-state index is -0.657. The van der Waals surface area contributed by atoms with E-state index in [1.54, 1.807) is 28.8 Å². The van der Waals surface area contributed by atoms with Gasteiger partial charge < -0.3 is 15.2 Å². The number of amides is 2. The largest absolute Gasteiger partial charge is 0.347 e. The van der Waals surface area contributed by atoms with Crippen LogP contribution in [0, 0.1) is 10.7 Å². The summed E-state index contributed by atoms with van der Waals surface area (Å²) in [6.45, 7) is 6.73. The number of hydrogen-bond acceptors (Lipinski definition) is 4. The predicted octanol–water partition coefficient (Wildman–Crippen LogP) is 3.07. The van der Waals surface area contributed by atoms with Gasteiger partial charge in [-0.2, -0.15) is 5.10 Å². The second kappa shape index (κ2) is 9.66. The van der Waals surface area contributed by atoms with Gasteiger partial charge in [-0.1, -0.05) is 31.9 Å². The molecule has 0 spiro atoms. The SMILES string of the molecule is CCC(C)C(NC(=O)c1ccc(Cl)cc1)C(=O)NCc1n[nH]c(=S)n1CC. The highest BCUT2D eigenvalue weighted by molar-refractivity contribution is 7.71. The van der Waals surface area contributed by atoms with Gasteiger partial charge in [-0.25, -0.2) is 0 Å². The third-order valence-corrected chi connectivity index (χ3v) is 5.03. The van der Waals surface area contributed by atoms with Crippen molar-refractivity contribution in [3.8, 4) is 0 Å². The Kier molecular flexibility index (Phi) is 7.55. The van der Waals surface area contributed by atoms with E-state index < -0.39 is 6.04 Å². The minimum absolute atomic E-state index is 0.0340. The van der Waals surface area contributed by atoms with Gasteiger partial charge in [0.05, 0.1) is 6.54 Å². The van der Waals surface area contributed by atoms with E-state index in [4.69, 9.17) is 23.8 Å². The highest BCUT2D eigenvalue weighted by atomic mass is 35.5. The maximum atomic E-state index is 12.7. The van der Waals surface area contributed by atoms with Crippen LogP contribution in [0.1, 0.15) is 43.4 Å². The average Bonchev–Trinajstić information content (AvgIpc) is 3.03. The number of rotatable bonds is 8. The Hall–Kier alpha value is -2.19. The third kappa shape index (κ3) is 5.40. The lowest BCUT2D eigenvalue weighted by Gasteiger charge is -2.23. The number of aromatic amines is 1. The molecular weight excluding hydrogens is 386 g/mol. The van der Waals surface area contributed by atoms with Crippen LogP contribution in [0.3, 0.4) is 0 Å². The number of aromatic nitrogens is 3. The van der Waals surface area contributed by atoms with Crippen LogP contribution in [0.15, 0.2) is 24.3 Å². The molecule has 1 aromatic carbocycles. The second-order valence-electron chi connectivity index (χ2n) is 6.25. The van der Waals surface area contributed by atoms with Crippen molar-refractivity contribution in [2.75, 3.05) is 0 Å². The lowest BCUT2D eigenvalue weighted by atomic mass is 9.98. The number of carbonyl (C=O) groups excluding carboxylic acids is 2. The van der Waals surface area contributed by atoms with Crippen molar-refractivity contribution in [3.63, 3.8) is 0 Å². The molecule has 2 atom stereocenters. The Morgan fingerprint density at radius 1 is 1.30 bits per heavy atom. The first-order chi connectivity index (χ1) is 12.9. The zero-order valence-corrected chi connectivity index (χ0v) is 17.2. The van der Waals surface area contributed by atoms with E-state index in [9.17, 15) is 9.59 Å². The van der Waals surface area contributed by atoms with Crippen LogP contribution in [0.2, 0.25) is 5.02 Å². The zero-order valence-electron chi connectivity index (χ0n) is 15.6. The van der Waals surface area contributed by atoms with Crippen LogP contribution in [-0.2, 0) is 17.9 Å². The maximum absolute atomic E-state index is 12.7. The quantitative estimate of drug-likeness (QED) is 0.584. The molecule has 146 valence electrons. The number of hydrogen-bond donors (Lipinski definition) is 3. The molecule has 2 aromatic rings. The van der Waals surface area contributed by atoms with Crippen molar-refractivity contribution in [3.05, 3.63) is 45.4 Å². The van der Waals surface area contributed by atoms with Crippen LogP contribution in [-0.4, -0.2) is 32.6 Å². The lowest BCUT2D eigenvalue weighted by Crippen LogP contribution is -2.50. The number of H-pyrrole nitrogens is 1. The molecule has 0 saturated heterocycles. The average molecular weight is 410 g/mol. The van der Waals surface area contributed by atoms with Gasteiger partial charge in [0.25, 0.3) is 5.91 Å². The maximum Gasteiger partial charge on any atom is 0.251 e. The Bertz CT molecular complexity index is 846. The van der Waals surface area contributed by atoms with E-state index in [1.165, 1.54) is 0 Å². The van der Waals surface area contributed by atoms with Crippen molar-refractivity contribution in [1.82, 2.24) is 25.4 Å². The van der Waals surface area contributed by atoms with Crippen molar-refractivity contribution < 1.29 is 9.59 Å². The lowest BCUT2D eigenvalue weighted by molar-refractivity contribution is -0.124. The zero-order chi connectivity index (χ0) is 20.0. The summed E-state index contributed by atoms with van der Waals surface area (Å²) >= 11 is 11.0. The summed E-state index contributed by atoms with van der Waals surface area (Å²) in [4.78, 5) is 25.2. The van der Waals surface area contributed by atoms with E-state index >= 15 is 0 Å². The van der Waals surface area contributed by atoms with Crippen molar-refractivity contribution >= 4 is 35.6 Å². The molecule has 0 bridgehead atoms. The first-order valence-corrected chi connectivity index (χ1v) is 9.64. The van der Waals surface area contributed by atoms with Crippen molar-refractivity contribution in [2.24, 2.45) is 5.92 Å². The fraction of sp³-hybridized carbons (Fsp3) is 0.444. The van der Waals surface area contributed by atoms with Crippen LogP contribution in [0.4, 0.5) is 0 Å². The van der Waals surface area contributed by atoms with E-state index in [1.807, 2.05) is 20.8 Å².